The second-order valence-corrected chi connectivity index (χ2v) is 5.16. The number of anilines is 1. The van der Waals surface area contributed by atoms with Gasteiger partial charge >= 0.3 is 12.4 Å². The van der Waals surface area contributed by atoms with Crippen LogP contribution in [-0.4, -0.2) is 45.9 Å². The van der Waals surface area contributed by atoms with Crippen LogP contribution >= 0.6 is 0 Å². The molecule has 0 fully saturated rings. The number of hydrogen-bond acceptors (Lipinski definition) is 7. The molecule has 10 nitrogen and oxygen atoms in total. The van der Waals surface area contributed by atoms with E-state index < -0.39 is 41.2 Å². The molecule has 3 aromatic rings. The molecule has 0 aliphatic carbocycles. The van der Waals surface area contributed by atoms with Crippen LogP contribution in [0, 0.1) is 0 Å². The number of aryl methyl sites for hydroxylation is 1. The van der Waals surface area contributed by atoms with Crippen molar-refractivity contribution in [2.45, 2.75) is 12.4 Å². The van der Waals surface area contributed by atoms with Gasteiger partial charge in [0.25, 0.3) is 11.7 Å². The summed E-state index contributed by atoms with van der Waals surface area (Å²) in [6, 6.07) is 1.23. The van der Waals surface area contributed by atoms with Gasteiger partial charge in [-0.3, -0.25) is 10.1 Å². The Balaban J connectivity index is 2.08. The number of alkyl halides is 6. The summed E-state index contributed by atoms with van der Waals surface area (Å²) in [5, 5.41) is 15.4. The maximum atomic E-state index is 13.0. The van der Waals surface area contributed by atoms with Crippen molar-refractivity contribution in [1.82, 2.24) is 40.0 Å². The van der Waals surface area contributed by atoms with Gasteiger partial charge in [0, 0.05) is 7.05 Å². The highest BCUT2D eigenvalue weighted by molar-refractivity contribution is 6.05. The third kappa shape index (κ3) is 3.74. The number of nitrogens with one attached hydrogen (secondary N) is 1. The molecule has 28 heavy (non-hydrogen) atoms. The normalized spacial score (nSPS) is 12.2. The lowest BCUT2D eigenvalue weighted by Gasteiger charge is -2.12. The minimum Gasteiger partial charge on any atom is -0.289 e. The summed E-state index contributed by atoms with van der Waals surface area (Å²) in [5.41, 5.74) is -1.96. The van der Waals surface area contributed by atoms with Gasteiger partial charge in [-0.2, -0.15) is 26.3 Å². The molecule has 1 N–H and O–H groups in total. The number of hydrogen-bond donors (Lipinski definition) is 1. The van der Waals surface area contributed by atoms with E-state index in [2.05, 4.69) is 35.9 Å². The molecule has 0 unspecified atom stereocenters. The summed E-state index contributed by atoms with van der Waals surface area (Å²) in [6.45, 7) is 0. The predicted molar refractivity (Wildman–Crippen MR) is 75.9 cm³/mol. The Morgan fingerprint density at radius 3 is 2.36 bits per heavy atom. The second-order valence-electron chi connectivity index (χ2n) is 5.16. The quantitative estimate of drug-likeness (QED) is 0.654. The highest BCUT2D eigenvalue weighted by Gasteiger charge is 2.37. The average Bonchev–Trinajstić information content (AvgIpc) is 3.23. The van der Waals surface area contributed by atoms with E-state index >= 15 is 0 Å². The molecule has 0 aromatic carbocycles. The lowest BCUT2D eigenvalue weighted by molar-refractivity contribution is -0.145. The zero-order chi connectivity index (χ0) is 20.7. The van der Waals surface area contributed by atoms with Gasteiger partial charge in [-0.1, -0.05) is 5.10 Å². The van der Waals surface area contributed by atoms with Crippen molar-refractivity contribution in [3.63, 3.8) is 0 Å². The molecule has 0 saturated carbocycles. The number of tetrazole rings is 1. The van der Waals surface area contributed by atoms with Crippen LogP contribution < -0.4 is 5.32 Å². The smallest absolute Gasteiger partial charge is 0.289 e. The summed E-state index contributed by atoms with van der Waals surface area (Å²) in [6.07, 6.45) is -9.36. The van der Waals surface area contributed by atoms with Crippen LogP contribution in [0.5, 0.6) is 0 Å². The number of carbonyl (C=O) groups is 1. The van der Waals surface area contributed by atoms with Crippen molar-refractivity contribution in [1.29, 1.82) is 0 Å². The molecule has 0 aliphatic heterocycles. The van der Waals surface area contributed by atoms with E-state index in [4.69, 9.17) is 0 Å². The van der Waals surface area contributed by atoms with E-state index in [0.29, 0.717) is 17.1 Å². The van der Waals surface area contributed by atoms with E-state index in [1.165, 1.54) is 7.05 Å². The minimum atomic E-state index is -4.94. The zero-order valence-electron chi connectivity index (χ0n) is 13.5. The zero-order valence-corrected chi connectivity index (χ0v) is 13.5. The second kappa shape index (κ2) is 6.54. The van der Waals surface area contributed by atoms with Gasteiger partial charge in [-0.25, -0.2) is 19.3 Å². The first-order valence-electron chi connectivity index (χ1n) is 7.08. The van der Waals surface area contributed by atoms with Gasteiger partial charge in [0.2, 0.25) is 5.95 Å². The van der Waals surface area contributed by atoms with Crippen LogP contribution in [0.25, 0.3) is 5.82 Å². The van der Waals surface area contributed by atoms with Crippen LogP contribution in [0.1, 0.15) is 21.9 Å². The fourth-order valence-corrected chi connectivity index (χ4v) is 1.96. The molecule has 3 rings (SSSR count). The monoisotopic (exact) mass is 407 g/mol. The van der Waals surface area contributed by atoms with Crippen molar-refractivity contribution in [2.24, 2.45) is 7.05 Å². The van der Waals surface area contributed by atoms with E-state index in [9.17, 15) is 31.1 Å². The maximum Gasteiger partial charge on any atom is 0.453 e. The lowest BCUT2D eigenvalue weighted by Crippen LogP contribution is -2.21. The van der Waals surface area contributed by atoms with Crippen LogP contribution in [0.4, 0.5) is 32.3 Å². The van der Waals surface area contributed by atoms with Crippen LogP contribution in [-0.2, 0) is 19.4 Å². The Bertz CT molecular complexity index is 1020. The maximum absolute atomic E-state index is 13.0. The van der Waals surface area contributed by atoms with Crippen molar-refractivity contribution in [3.05, 3.63) is 35.5 Å². The highest BCUT2D eigenvalue weighted by Crippen LogP contribution is 2.30. The first-order valence-corrected chi connectivity index (χ1v) is 7.08. The molecule has 16 heteroatoms. The Kier molecular flexibility index (Phi) is 4.48. The van der Waals surface area contributed by atoms with Gasteiger partial charge in [0.15, 0.2) is 5.82 Å². The van der Waals surface area contributed by atoms with Gasteiger partial charge in [-0.05, 0) is 22.6 Å². The summed E-state index contributed by atoms with van der Waals surface area (Å²) < 4.78 is 78.3. The van der Waals surface area contributed by atoms with E-state index in [0.717, 1.165) is 10.7 Å². The fraction of sp³-hybridized carbons (Fsp3) is 0.250. The number of carbonyl (C=O) groups excluding carboxylic acids is 1. The highest BCUT2D eigenvalue weighted by atomic mass is 19.4. The van der Waals surface area contributed by atoms with Gasteiger partial charge in [0.1, 0.15) is 12.0 Å². The molecular formula is C12H7F6N9O. The molecule has 0 spiro atoms. The molecule has 3 aromatic heterocycles. The first kappa shape index (κ1) is 19.2. The summed E-state index contributed by atoms with van der Waals surface area (Å²) >= 11 is 0. The third-order valence-electron chi connectivity index (χ3n) is 3.22. The Hall–Kier alpha value is -3.59. The molecule has 0 atom stereocenters. The molecule has 0 saturated heterocycles. The summed E-state index contributed by atoms with van der Waals surface area (Å²) in [4.78, 5) is 18.6. The van der Waals surface area contributed by atoms with Gasteiger partial charge in [0.05, 0.1) is 5.56 Å². The molecule has 148 valence electrons. The number of rotatable bonds is 3. The summed E-state index contributed by atoms with van der Waals surface area (Å²) in [5.74, 6) is -3.62. The number of nitrogens with zero attached hydrogens (tertiary/aromatic N) is 8. The molecule has 1 amide bonds. The standard InChI is InChI=1S/C12H7F6N9O/c1-26-10(22-24-25-26)21-8(28)5-2-3-6(11(13,14)15)20-7(5)27-4-19-9(23-27)12(16,17)18/h2-4H,1H3,(H,21,22,25,28). The van der Waals surface area contributed by atoms with Crippen LogP contribution in [0.2, 0.25) is 0 Å². The topological polar surface area (TPSA) is 116 Å². The van der Waals surface area contributed by atoms with Crippen molar-refractivity contribution in [2.75, 3.05) is 5.32 Å². The lowest BCUT2D eigenvalue weighted by atomic mass is 10.2. The van der Waals surface area contributed by atoms with Crippen molar-refractivity contribution >= 4 is 11.9 Å². The first-order chi connectivity index (χ1) is 13.0. The Labute approximate surface area is 150 Å². The number of amides is 1. The largest absolute Gasteiger partial charge is 0.453 e. The Morgan fingerprint density at radius 1 is 1.11 bits per heavy atom. The molecule has 0 radical (unpaired) electrons. The average molecular weight is 407 g/mol. The third-order valence-corrected chi connectivity index (χ3v) is 3.22. The van der Waals surface area contributed by atoms with Crippen LogP contribution in [0.3, 0.4) is 0 Å². The van der Waals surface area contributed by atoms with E-state index in [1.54, 1.807) is 0 Å². The van der Waals surface area contributed by atoms with E-state index in [1.807, 2.05) is 0 Å². The molecule has 0 bridgehead atoms. The predicted octanol–water partition coefficient (Wildman–Crippen LogP) is 1.48. The molecule has 3 heterocycles. The van der Waals surface area contributed by atoms with Gasteiger partial charge in [-0.15, -0.1) is 5.10 Å². The fourth-order valence-electron chi connectivity index (χ4n) is 1.96. The molecule has 0 aliphatic rings. The molecular weight excluding hydrogens is 400 g/mol. The number of pyridine rings is 1. The Morgan fingerprint density at radius 2 is 1.82 bits per heavy atom. The number of aromatic nitrogens is 8. The van der Waals surface area contributed by atoms with Gasteiger partial charge < -0.3 is 0 Å². The van der Waals surface area contributed by atoms with E-state index in [-0.39, 0.29) is 5.95 Å². The minimum absolute atomic E-state index is 0.162. The van der Waals surface area contributed by atoms with Crippen molar-refractivity contribution < 1.29 is 31.1 Å². The van der Waals surface area contributed by atoms with Crippen LogP contribution in [0.15, 0.2) is 18.5 Å². The van der Waals surface area contributed by atoms with Crippen molar-refractivity contribution in [3.8, 4) is 5.82 Å². The SMILES string of the molecule is Cn1nnnc1NC(=O)c1ccc(C(F)(F)F)nc1-n1cnc(C(F)(F)F)n1. The summed E-state index contributed by atoms with van der Waals surface area (Å²) in [7, 11) is 1.37. The number of halogens is 6.